The second kappa shape index (κ2) is 7.51. The van der Waals surface area contributed by atoms with E-state index in [9.17, 15) is 9.59 Å². The smallest absolute Gasteiger partial charge is 0.289 e. The van der Waals surface area contributed by atoms with Crippen LogP contribution < -0.4 is 9.88 Å². The molecule has 0 spiro atoms. The van der Waals surface area contributed by atoms with Crippen LogP contribution in [0.5, 0.6) is 0 Å². The highest BCUT2D eigenvalue weighted by Gasteiger charge is 2.53. The Bertz CT molecular complexity index is 857. The maximum atomic E-state index is 13.6. The number of carbonyl (C=O) groups excluding carboxylic acids is 2. The maximum Gasteiger partial charge on any atom is 0.289 e. The zero-order chi connectivity index (χ0) is 19.6. The summed E-state index contributed by atoms with van der Waals surface area (Å²) in [4.78, 5) is 28.2. The minimum absolute atomic E-state index is 0.0219. The molecule has 2 amide bonds. The first-order valence-electron chi connectivity index (χ1n) is 9.56. The molecule has 0 radical (unpaired) electrons. The molecule has 1 aliphatic rings. The molecule has 5 heteroatoms. The molecule has 0 unspecified atom stereocenters. The first kappa shape index (κ1) is 19.1. The number of hydrogen-bond donors (Lipinski definition) is 1. The third kappa shape index (κ3) is 3.34. The van der Waals surface area contributed by atoms with Crippen molar-refractivity contribution >= 4 is 17.5 Å². The van der Waals surface area contributed by atoms with E-state index in [2.05, 4.69) is 12.2 Å². The minimum Gasteiger partial charge on any atom is -0.323 e. The normalized spacial score (nSPS) is 19.0. The van der Waals surface area contributed by atoms with Crippen molar-refractivity contribution in [3.05, 3.63) is 59.4 Å². The number of unbranched alkanes of at least 4 members (excludes halogenated alkanes) is 1. The van der Waals surface area contributed by atoms with Crippen LogP contribution in [-0.2, 0) is 21.7 Å². The van der Waals surface area contributed by atoms with Crippen molar-refractivity contribution in [1.82, 2.24) is 4.90 Å². The Labute approximate surface area is 161 Å². The van der Waals surface area contributed by atoms with Crippen LogP contribution in [0.3, 0.4) is 0 Å². The Kier molecular flexibility index (Phi) is 5.31. The van der Waals surface area contributed by atoms with E-state index in [1.54, 1.807) is 4.90 Å². The highest BCUT2D eigenvalue weighted by atomic mass is 16.2. The summed E-state index contributed by atoms with van der Waals surface area (Å²) in [6, 6.07) is 11.7. The molecule has 0 aliphatic carbocycles. The number of aryl methyl sites for hydroxylation is 2. The fraction of sp³-hybridized carbons (Fsp3) is 0.409. The summed E-state index contributed by atoms with van der Waals surface area (Å²) in [5.41, 5.74) is 2.62. The summed E-state index contributed by atoms with van der Waals surface area (Å²) in [7, 11) is 0. The molecule has 27 heavy (non-hydrogen) atoms. The van der Waals surface area contributed by atoms with Gasteiger partial charge >= 0.3 is 0 Å². The van der Waals surface area contributed by atoms with Gasteiger partial charge in [-0.2, -0.15) is 4.57 Å². The predicted octanol–water partition coefficient (Wildman–Crippen LogP) is 3.09. The van der Waals surface area contributed by atoms with E-state index >= 15 is 0 Å². The van der Waals surface area contributed by atoms with Gasteiger partial charge < -0.3 is 10.2 Å². The maximum absolute atomic E-state index is 13.6. The number of nitrogens with zero attached hydrogens (tertiary/aromatic N) is 2. The number of pyridine rings is 1. The highest BCUT2D eigenvalue weighted by molar-refractivity contribution is 6.01. The van der Waals surface area contributed by atoms with Crippen LogP contribution in [0.2, 0.25) is 0 Å². The third-order valence-electron chi connectivity index (χ3n) is 5.48. The number of aromatic nitrogens is 1. The van der Waals surface area contributed by atoms with Crippen molar-refractivity contribution in [1.29, 1.82) is 0 Å². The Morgan fingerprint density at radius 1 is 1.19 bits per heavy atom. The topological polar surface area (TPSA) is 53.3 Å². The number of para-hydroxylation sites is 1. The van der Waals surface area contributed by atoms with E-state index in [4.69, 9.17) is 0 Å². The van der Waals surface area contributed by atoms with Crippen LogP contribution in [0.25, 0.3) is 0 Å². The highest BCUT2D eigenvalue weighted by Crippen LogP contribution is 2.32. The fourth-order valence-electron chi connectivity index (χ4n) is 3.83. The van der Waals surface area contributed by atoms with Crippen molar-refractivity contribution < 1.29 is 14.2 Å². The summed E-state index contributed by atoms with van der Waals surface area (Å²) in [5, 5.41) is 3.11. The second-order valence-corrected chi connectivity index (χ2v) is 7.41. The number of carbonyl (C=O) groups is 2. The molecule has 0 bridgehead atoms. The van der Waals surface area contributed by atoms with Crippen LogP contribution >= 0.6 is 0 Å². The molecule has 142 valence electrons. The van der Waals surface area contributed by atoms with Crippen LogP contribution in [0, 0.1) is 13.8 Å². The molecule has 5 nitrogen and oxygen atoms in total. The number of nitrogens with one attached hydrogen (secondary N) is 1. The van der Waals surface area contributed by atoms with Gasteiger partial charge in [0, 0.05) is 24.4 Å². The first-order valence-corrected chi connectivity index (χ1v) is 9.56. The van der Waals surface area contributed by atoms with Crippen LogP contribution in [0.1, 0.15) is 43.5 Å². The van der Waals surface area contributed by atoms with Crippen molar-refractivity contribution in [2.24, 2.45) is 0 Å². The zero-order valence-electron chi connectivity index (χ0n) is 16.6. The van der Waals surface area contributed by atoms with E-state index in [1.165, 1.54) is 0 Å². The van der Waals surface area contributed by atoms with E-state index in [-0.39, 0.29) is 18.4 Å². The van der Waals surface area contributed by atoms with E-state index in [0.717, 1.165) is 35.3 Å². The molecule has 2 heterocycles. The molecule has 0 saturated heterocycles. The largest absolute Gasteiger partial charge is 0.323 e. The number of fused-ring (bicyclic) bond motifs is 1. The molecule has 1 N–H and O–H groups in total. The van der Waals surface area contributed by atoms with Gasteiger partial charge in [0.15, 0.2) is 6.20 Å². The molecule has 1 atom stereocenters. The van der Waals surface area contributed by atoms with Crippen LogP contribution in [-0.4, -0.2) is 23.3 Å². The summed E-state index contributed by atoms with van der Waals surface area (Å²) in [5.74, 6) is -0.199. The Morgan fingerprint density at radius 2 is 1.89 bits per heavy atom. The number of benzene rings is 1. The number of anilines is 1. The minimum atomic E-state index is -1.06. The number of rotatable bonds is 5. The molecule has 0 saturated carbocycles. The molecule has 1 aliphatic heterocycles. The number of hydrogen-bond acceptors (Lipinski definition) is 2. The van der Waals surface area contributed by atoms with Gasteiger partial charge in [0.25, 0.3) is 11.8 Å². The van der Waals surface area contributed by atoms with Crippen molar-refractivity contribution in [2.75, 3.05) is 11.9 Å². The molecule has 0 fully saturated rings. The second-order valence-electron chi connectivity index (χ2n) is 7.41. The van der Waals surface area contributed by atoms with Gasteiger partial charge in [-0.25, -0.2) is 0 Å². The Balaban J connectivity index is 2.06. The van der Waals surface area contributed by atoms with E-state index < -0.39 is 5.54 Å². The summed E-state index contributed by atoms with van der Waals surface area (Å²) in [6.45, 7) is 8.75. The van der Waals surface area contributed by atoms with Crippen molar-refractivity contribution in [2.45, 2.75) is 52.6 Å². The Hall–Kier alpha value is -2.69. The van der Waals surface area contributed by atoms with Gasteiger partial charge in [0.1, 0.15) is 0 Å². The Morgan fingerprint density at radius 3 is 2.56 bits per heavy atom. The van der Waals surface area contributed by atoms with Gasteiger partial charge in [0.2, 0.25) is 17.8 Å². The fourth-order valence-corrected chi connectivity index (χ4v) is 3.83. The standard InChI is InChI=1S/C22H27N3O2/c1-5-6-14-25-19(26)15-24-13-8-7-12-18(24)22(25,4)21(27)23-20-16(2)10-9-11-17(20)3/h7-13H,5-6,14-15H2,1-4H3/p+1/t22-/m1/s1. The molecule has 1 aromatic carbocycles. The molecule has 2 aromatic rings. The van der Waals surface area contributed by atoms with Gasteiger partial charge in [0.05, 0.1) is 0 Å². The summed E-state index contributed by atoms with van der Waals surface area (Å²) < 4.78 is 1.88. The van der Waals surface area contributed by atoms with Crippen molar-refractivity contribution in [3.8, 4) is 0 Å². The molecule has 1 aromatic heterocycles. The lowest BCUT2D eigenvalue weighted by atomic mass is 9.89. The van der Waals surface area contributed by atoms with Crippen LogP contribution in [0.4, 0.5) is 5.69 Å². The van der Waals surface area contributed by atoms with Gasteiger partial charge in [-0.1, -0.05) is 37.6 Å². The van der Waals surface area contributed by atoms with Gasteiger partial charge in [-0.05, 0) is 38.3 Å². The zero-order valence-corrected chi connectivity index (χ0v) is 16.6. The van der Waals surface area contributed by atoms with Gasteiger partial charge in [-0.15, -0.1) is 0 Å². The lowest BCUT2D eigenvalue weighted by molar-refractivity contribution is -0.701. The summed E-state index contributed by atoms with van der Waals surface area (Å²) >= 11 is 0. The van der Waals surface area contributed by atoms with E-state index in [1.807, 2.05) is 67.9 Å². The molecule has 3 rings (SSSR count). The average molecular weight is 366 g/mol. The predicted molar refractivity (Wildman–Crippen MR) is 105 cm³/mol. The summed E-state index contributed by atoms with van der Waals surface area (Å²) in [6.07, 6.45) is 3.70. The van der Waals surface area contributed by atoms with Crippen molar-refractivity contribution in [3.63, 3.8) is 0 Å². The lowest BCUT2D eigenvalue weighted by Crippen LogP contribution is -2.67. The molecular formula is C22H28N3O2+. The monoisotopic (exact) mass is 366 g/mol. The lowest BCUT2D eigenvalue weighted by Gasteiger charge is -2.40. The first-order chi connectivity index (χ1) is 12.9. The van der Waals surface area contributed by atoms with Crippen LogP contribution in [0.15, 0.2) is 42.6 Å². The van der Waals surface area contributed by atoms with E-state index in [0.29, 0.717) is 6.54 Å². The SMILES string of the molecule is CCCCN1C(=O)C[n+]2ccccc2[C@]1(C)C(=O)Nc1c(C)cccc1C. The quantitative estimate of drug-likeness (QED) is 0.827. The average Bonchev–Trinajstić information content (AvgIpc) is 2.64. The third-order valence-corrected chi connectivity index (χ3v) is 5.48. The number of amides is 2. The molecular weight excluding hydrogens is 338 g/mol. The van der Waals surface area contributed by atoms with Gasteiger partial charge in [-0.3, -0.25) is 9.59 Å².